The van der Waals surface area contributed by atoms with E-state index in [9.17, 15) is 9.59 Å². The van der Waals surface area contributed by atoms with Gasteiger partial charge >= 0.3 is 5.97 Å². The van der Waals surface area contributed by atoms with Gasteiger partial charge in [-0.25, -0.2) is 0 Å². The Morgan fingerprint density at radius 1 is 1.23 bits per heavy atom. The number of nitrogens with zero attached hydrogens (tertiary/aromatic N) is 1. The van der Waals surface area contributed by atoms with Gasteiger partial charge in [0.15, 0.2) is 0 Å². The largest absolute Gasteiger partial charge is 0.494 e. The fourth-order valence-electron chi connectivity index (χ4n) is 3.84. The number of hydrogen-bond acceptors (Lipinski definition) is 7. The number of pyridine rings is 1. The first kappa shape index (κ1) is 24.8. The maximum absolute atomic E-state index is 12.8. The van der Waals surface area contributed by atoms with E-state index in [-0.39, 0.29) is 23.2 Å². The molecule has 2 unspecified atom stereocenters. The molecule has 1 saturated heterocycles. The van der Waals surface area contributed by atoms with Crippen molar-refractivity contribution in [2.75, 3.05) is 24.3 Å². The van der Waals surface area contributed by atoms with Crippen LogP contribution in [0.1, 0.15) is 41.7 Å². The minimum atomic E-state index is -0.204. The molecule has 2 heterocycles. The molecule has 0 saturated carbocycles. The zero-order valence-electron chi connectivity index (χ0n) is 19.6. The second-order valence-electron chi connectivity index (χ2n) is 8.33. The van der Waals surface area contributed by atoms with E-state index in [1.807, 2.05) is 43.3 Å². The van der Waals surface area contributed by atoms with Crippen LogP contribution in [-0.2, 0) is 9.53 Å². The third kappa shape index (κ3) is 6.61. The summed E-state index contributed by atoms with van der Waals surface area (Å²) in [6, 6.07) is 16.6. The number of rotatable bonds is 10. The van der Waals surface area contributed by atoms with Crippen molar-refractivity contribution in [3.8, 4) is 16.9 Å². The number of hydrogen-bond donors (Lipinski definition) is 2. The highest BCUT2D eigenvalue weighted by atomic mass is 32.2. The molecule has 1 amide bonds. The van der Waals surface area contributed by atoms with Crippen LogP contribution in [0.2, 0.25) is 0 Å². The highest BCUT2D eigenvalue weighted by Gasteiger charge is 2.26. The van der Waals surface area contributed by atoms with Gasteiger partial charge in [0.05, 0.1) is 13.2 Å². The lowest BCUT2D eigenvalue weighted by molar-refractivity contribution is -0.137. The Hall–Kier alpha value is -3.36. The summed E-state index contributed by atoms with van der Waals surface area (Å²) in [7, 11) is 0. The molecule has 1 aromatic heterocycles. The molecule has 0 bridgehead atoms. The second-order valence-corrected chi connectivity index (χ2v) is 9.64. The van der Waals surface area contributed by atoms with Crippen LogP contribution < -0.4 is 15.8 Å². The van der Waals surface area contributed by atoms with Gasteiger partial charge in [-0.3, -0.25) is 14.6 Å². The summed E-state index contributed by atoms with van der Waals surface area (Å²) in [5, 5.41) is 2.85. The van der Waals surface area contributed by atoms with E-state index < -0.39 is 0 Å². The molecule has 8 heteroatoms. The van der Waals surface area contributed by atoms with Crippen LogP contribution in [0.15, 0.2) is 67.0 Å². The van der Waals surface area contributed by atoms with E-state index in [0.29, 0.717) is 24.5 Å². The number of amides is 1. The van der Waals surface area contributed by atoms with E-state index >= 15 is 0 Å². The van der Waals surface area contributed by atoms with Gasteiger partial charge in [-0.2, -0.15) is 0 Å². The summed E-state index contributed by atoms with van der Waals surface area (Å²) in [4.78, 5) is 28.4. The number of cyclic esters (lactones) is 1. The Balaban J connectivity index is 1.44. The van der Waals surface area contributed by atoms with Crippen molar-refractivity contribution in [3.05, 3.63) is 78.1 Å². The highest BCUT2D eigenvalue weighted by Crippen LogP contribution is 2.31. The quantitative estimate of drug-likeness (QED) is 0.309. The maximum atomic E-state index is 12.8. The molecular formula is C27H29N3O4S. The summed E-state index contributed by atoms with van der Waals surface area (Å²) in [5.41, 5.74) is 10.2. The average Bonchev–Trinajstić information content (AvgIpc) is 3.28. The molecule has 0 radical (unpaired) electrons. The Morgan fingerprint density at radius 2 is 2.06 bits per heavy atom. The number of nitrogens with two attached hydrogens (primary N) is 1. The smallest absolute Gasteiger partial charge is 0.319 e. The first-order chi connectivity index (χ1) is 17.0. The van der Waals surface area contributed by atoms with Crippen LogP contribution in [0.3, 0.4) is 0 Å². The number of aromatic nitrogens is 1. The van der Waals surface area contributed by atoms with Crippen molar-refractivity contribution in [2.24, 2.45) is 5.73 Å². The van der Waals surface area contributed by atoms with Crippen LogP contribution in [-0.4, -0.2) is 41.1 Å². The molecular weight excluding hydrogens is 462 g/mol. The fraction of sp³-hybridized carbons (Fsp3) is 0.296. The number of anilines is 1. The Kier molecular flexibility index (Phi) is 8.39. The van der Waals surface area contributed by atoms with Gasteiger partial charge in [0, 0.05) is 36.1 Å². The van der Waals surface area contributed by atoms with Crippen molar-refractivity contribution in [2.45, 2.75) is 31.1 Å². The van der Waals surface area contributed by atoms with E-state index in [1.54, 1.807) is 42.4 Å². The second kappa shape index (κ2) is 11.9. The molecule has 4 rings (SSSR count). The van der Waals surface area contributed by atoms with Gasteiger partial charge in [-0.05, 0) is 72.2 Å². The SMILES string of the molecule is CC(N)c1ccc(C(=O)Nc2ccncc2)cc1-c1cccc(OCCCSC2CCOC2=O)c1. The molecule has 3 aromatic rings. The predicted molar refractivity (Wildman–Crippen MR) is 139 cm³/mol. The number of esters is 1. The third-order valence-corrected chi connectivity index (χ3v) is 7.01. The van der Waals surface area contributed by atoms with Gasteiger partial charge in [0.2, 0.25) is 0 Å². The molecule has 0 aliphatic carbocycles. The molecule has 2 atom stereocenters. The van der Waals surface area contributed by atoms with Gasteiger partial charge in [-0.15, -0.1) is 11.8 Å². The van der Waals surface area contributed by atoms with Crippen LogP contribution in [0, 0.1) is 0 Å². The Morgan fingerprint density at radius 3 is 2.80 bits per heavy atom. The summed E-state index contributed by atoms with van der Waals surface area (Å²) < 4.78 is 11.0. The number of thioether (sulfide) groups is 1. The standard InChI is InChI=1S/C27H29N3O4S/c1-18(28)23-7-6-20(26(31)30-21-8-11-29-12-9-21)17-24(23)19-4-2-5-22(16-19)33-13-3-15-35-25-10-14-34-27(25)32/h2,4-9,11-12,16-18,25H,3,10,13-15,28H2,1H3,(H,29,30,31). The summed E-state index contributed by atoms with van der Waals surface area (Å²) in [6.45, 7) is 3.00. The summed E-state index contributed by atoms with van der Waals surface area (Å²) >= 11 is 1.63. The molecule has 1 fully saturated rings. The third-order valence-electron chi connectivity index (χ3n) is 5.65. The number of benzene rings is 2. The number of nitrogens with one attached hydrogen (secondary N) is 1. The predicted octanol–water partition coefficient (Wildman–Crippen LogP) is 4.84. The fourth-order valence-corrected chi connectivity index (χ4v) is 4.88. The van der Waals surface area contributed by atoms with Crippen LogP contribution in [0.4, 0.5) is 5.69 Å². The Labute approximate surface area is 209 Å². The molecule has 35 heavy (non-hydrogen) atoms. The minimum absolute atomic E-state index is 0.0435. The highest BCUT2D eigenvalue weighted by molar-refractivity contribution is 8.00. The van der Waals surface area contributed by atoms with Crippen molar-refractivity contribution in [1.29, 1.82) is 0 Å². The molecule has 3 N–H and O–H groups in total. The normalized spacial score (nSPS) is 15.9. The maximum Gasteiger partial charge on any atom is 0.319 e. The lowest BCUT2D eigenvalue weighted by Crippen LogP contribution is -2.13. The number of ether oxygens (including phenoxy) is 2. The Bertz CT molecular complexity index is 1170. The zero-order chi connectivity index (χ0) is 24.6. The van der Waals surface area contributed by atoms with Gasteiger partial charge in [0.1, 0.15) is 11.0 Å². The molecule has 1 aliphatic rings. The first-order valence-electron chi connectivity index (χ1n) is 11.6. The average molecular weight is 492 g/mol. The van der Waals surface area contributed by atoms with E-state index in [2.05, 4.69) is 10.3 Å². The minimum Gasteiger partial charge on any atom is -0.494 e. The summed E-state index contributed by atoms with van der Waals surface area (Å²) in [5.74, 6) is 1.27. The van der Waals surface area contributed by atoms with Crippen molar-refractivity contribution >= 4 is 29.3 Å². The topological polar surface area (TPSA) is 104 Å². The van der Waals surface area contributed by atoms with Gasteiger partial charge in [0.25, 0.3) is 5.91 Å². The molecule has 7 nitrogen and oxygen atoms in total. The van der Waals surface area contributed by atoms with E-state index in [0.717, 1.165) is 41.0 Å². The number of carbonyl (C=O) groups excluding carboxylic acids is 2. The monoisotopic (exact) mass is 491 g/mol. The van der Waals surface area contributed by atoms with Gasteiger partial charge in [-0.1, -0.05) is 18.2 Å². The van der Waals surface area contributed by atoms with Crippen molar-refractivity contribution < 1.29 is 19.1 Å². The molecule has 182 valence electrons. The van der Waals surface area contributed by atoms with Crippen molar-refractivity contribution in [3.63, 3.8) is 0 Å². The van der Waals surface area contributed by atoms with E-state index in [4.69, 9.17) is 15.2 Å². The van der Waals surface area contributed by atoms with E-state index in [1.165, 1.54) is 0 Å². The number of carbonyl (C=O) groups is 2. The summed E-state index contributed by atoms with van der Waals surface area (Å²) in [6.07, 6.45) is 4.88. The lowest BCUT2D eigenvalue weighted by Gasteiger charge is -2.16. The van der Waals surface area contributed by atoms with Crippen LogP contribution in [0.25, 0.3) is 11.1 Å². The van der Waals surface area contributed by atoms with Crippen LogP contribution >= 0.6 is 11.8 Å². The first-order valence-corrected chi connectivity index (χ1v) is 12.7. The van der Waals surface area contributed by atoms with Gasteiger partial charge < -0.3 is 20.5 Å². The molecule has 1 aliphatic heterocycles. The molecule has 0 spiro atoms. The lowest BCUT2D eigenvalue weighted by atomic mass is 9.93. The molecule has 2 aromatic carbocycles. The van der Waals surface area contributed by atoms with Crippen molar-refractivity contribution in [1.82, 2.24) is 4.98 Å². The van der Waals surface area contributed by atoms with Crippen LogP contribution in [0.5, 0.6) is 5.75 Å². The zero-order valence-corrected chi connectivity index (χ0v) is 20.4.